The Bertz CT molecular complexity index is 421. The van der Waals surface area contributed by atoms with Crippen molar-refractivity contribution in [1.29, 1.82) is 0 Å². The summed E-state index contributed by atoms with van der Waals surface area (Å²) in [6, 6.07) is 7.88. The van der Waals surface area contributed by atoms with Crippen LogP contribution in [0.2, 0.25) is 0 Å². The number of unbranched alkanes of at least 4 members (excludes halogenated alkanes) is 1. The lowest BCUT2D eigenvalue weighted by atomic mass is 10.1. The quantitative estimate of drug-likeness (QED) is 0.693. The molecule has 1 rings (SSSR count). The summed E-state index contributed by atoms with van der Waals surface area (Å²) in [6.07, 6.45) is 5.77. The van der Waals surface area contributed by atoms with Gasteiger partial charge in [-0.05, 0) is 25.0 Å². The molecule has 4 nitrogen and oxygen atoms in total. The number of methoxy groups -OCH3 is 1. The molecule has 0 aliphatic carbocycles. The average Bonchev–Trinajstić information content (AvgIpc) is 2.50. The third-order valence-electron chi connectivity index (χ3n) is 3.48. The summed E-state index contributed by atoms with van der Waals surface area (Å²) < 4.78 is 5.23. The Kier molecular flexibility index (Phi) is 8.51. The zero-order valence-electron chi connectivity index (χ0n) is 13.4. The number of hydrogen-bond donors (Lipinski definition) is 2. The fourth-order valence-corrected chi connectivity index (χ4v) is 2.33. The Morgan fingerprint density at radius 3 is 2.62 bits per heavy atom. The van der Waals surface area contributed by atoms with Crippen LogP contribution < -0.4 is 15.4 Å². The molecule has 1 amide bonds. The van der Waals surface area contributed by atoms with Crippen molar-refractivity contribution in [2.24, 2.45) is 0 Å². The van der Waals surface area contributed by atoms with Crippen LogP contribution in [0.4, 0.5) is 5.69 Å². The Labute approximate surface area is 128 Å². The van der Waals surface area contributed by atoms with Crippen molar-refractivity contribution in [2.75, 3.05) is 19.0 Å². The Hall–Kier alpha value is -1.55. The summed E-state index contributed by atoms with van der Waals surface area (Å²) in [5.41, 5.74) is 0.715. The van der Waals surface area contributed by atoms with Crippen molar-refractivity contribution in [3.63, 3.8) is 0 Å². The van der Waals surface area contributed by atoms with Crippen LogP contribution in [0.1, 0.15) is 46.0 Å². The topological polar surface area (TPSA) is 50.4 Å². The smallest absolute Gasteiger partial charge is 0.238 e. The summed E-state index contributed by atoms with van der Waals surface area (Å²) in [4.78, 5) is 12.0. The highest BCUT2D eigenvalue weighted by atomic mass is 16.5. The summed E-state index contributed by atoms with van der Waals surface area (Å²) in [5.74, 6) is 0.652. The van der Waals surface area contributed by atoms with Gasteiger partial charge >= 0.3 is 0 Å². The largest absolute Gasteiger partial charge is 0.495 e. The summed E-state index contributed by atoms with van der Waals surface area (Å²) in [7, 11) is 1.60. The first-order valence-corrected chi connectivity index (χ1v) is 7.87. The first kappa shape index (κ1) is 17.5. The van der Waals surface area contributed by atoms with Gasteiger partial charge in [-0.1, -0.05) is 45.2 Å². The molecule has 21 heavy (non-hydrogen) atoms. The molecule has 1 unspecified atom stereocenters. The Balaban J connectivity index is 2.45. The minimum atomic E-state index is -0.0305. The summed E-state index contributed by atoms with van der Waals surface area (Å²) in [6.45, 7) is 4.71. The summed E-state index contributed by atoms with van der Waals surface area (Å²) >= 11 is 0. The summed E-state index contributed by atoms with van der Waals surface area (Å²) in [5, 5.41) is 6.25. The predicted molar refractivity (Wildman–Crippen MR) is 87.8 cm³/mol. The van der Waals surface area contributed by atoms with E-state index in [1.54, 1.807) is 7.11 Å². The fraction of sp³-hybridized carbons (Fsp3) is 0.588. The van der Waals surface area contributed by atoms with Crippen molar-refractivity contribution >= 4 is 11.6 Å². The van der Waals surface area contributed by atoms with Crippen LogP contribution in [0.3, 0.4) is 0 Å². The number of nitrogens with one attached hydrogen (secondary N) is 2. The maximum absolute atomic E-state index is 12.0. The Morgan fingerprint density at radius 1 is 1.19 bits per heavy atom. The van der Waals surface area contributed by atoms with Crippen LogP contribution in [0.15, 0.2) is 24.3 Å². The van der Waals surface area contributed by atoms with Gasteiger partial charge in [-0.25, -0.2) is 0 Å². The average molecular weight is 292 g/mol. The molecular formula is C17H28N2O2. The first-order valence-electron chi connectivity index (χ1n) is 7.87. The van der Waals surface area contributed by atoms with Crippen molar-refractivity contribution in [2.45, 2.75) is 52.0 Å². The SMILES string of the molecule is CCCCC(CCC)NCC(=O)Nc1ccccc1OC. The molecule has 0 aliphatic rings. The number of carbonyl (C=O) groups excluding carboxylic acids is 1. The van der Waals surface area contributed by atoms with Crippen molar-refractivity contribution in [1.82, 2.24) is 5.32 Å². The second-order valence-electron chi connectivity index (χ2n) is 5.26. The van der Waals surface area contributed by atoms with E-state index in [1.807, 2.05) is 24.3 Å². The van der Waals surface area contributed by atoms with Gasteiger partial charge in [-0.15, -0.1) is 0 Å². The second-order valence-corrected chi connectivity index (χ2v) is 5.26. The molecule has 4 heteroatoms. The van der Waals surface area contributed by atoms with Crippen LogP contribution in [-0.2, 0) is 4.79 Å². The van der Waals surface area contributed by atoms with Crippen LogP contribution in [0.25, 0.3) is 0 Å². The molecule has 1 aromatic carbocycles. The van der Waals surface area contributed by atoms with E-state index in [0.29, 0.717) is 24.0 Å². The molecule has 0 aliphatic heterocycles. The predicted octanol–water partition coefficient (Wildman–Crippen LogP) is 3.58. The van der Waals surface area contributed by atoms with Gasteiger partial charge in [0.25, 0.3) is 0 Å². The van der Waals surface area contributed by atoms with Gasteiger partial charge in [0.05, 0.1) is 19.3 Å². The number of amides is 1. The van der Waals surface area contributed by atoms with Crippen LogP contribution in [0.5, 0.6) is 5.75 Å². The van der Waals surface area contributed by atoms with Crippen LogP contribution >= 0.6 is 0 Å². The lowest BCUT2D eigenvalue weighted by Crippen LogP contribution is -2.36. The van der Waals surface area contributed by atoms with E-state index in [-0.39, 0.29) is 5.91 Å². The fourth-order valence-electron chi connectivity index (χ4n) is 2.33. The molecule has 0 saturated carbocycles. The van der Waals surface area contributed by atoms with Gasteiger partial charge in [-0.2, -0.15) is 0 Å². The third kappa shape index (κ3) is 6.63. The van der Waals surface area contributed by atoms with Crippen molar-refractivity contribution < 1.29 is 9.53 Å². The first-order chi connectivity index (χ1) is 10.2. The zero-order chi connectivity index (χ0) is 15.5. The molecule has 0 spiro atoms. The monoisotopic (exact) mass is 292 g/mol. The van der Waals surface area contributed by atoms with E-state index in [0.717, 1.165) is 19.3 Å². The Morgan fingerprint density at radius 2 is 1.95 bits per heavy atom. The van der Waals surface area contributed by atoms with Crippen molar-refractivity contribution in [3.8, 4) is 5.75 Å². The number of para-hydroxylation sites is 2. The van der Waals surface area contributed by atoms with Gasteiger partial charge in [-0.3, -0.25) is 4.79 Å². The number of ether oxygens (including phenoxy) is 1. The number of benzene rings is 1. The lowest BCUT2D eigenvalue weighted by Gasteiger charge is -2.18. The highest BCUT2D eigenvalue weighted by Crippen LogP contribution is 2.22. The van der Waals surface area contributed by atoms with E-state index >= 15 is 0 Å². The molecule has 0 saturated heterocycles. The maximum Gasteiger partial charge on any atom is 0.238 e. The van der Waals surface area contributed by atoms with E-state index in [4.69, 9.17) is 4.74 Å². The van der Waals surface area contributed by atoms with E-state index in [9.17, 15) is 4.79 Å². The number of anilines is 1. The number of rotatable bonds is 10. The molecule has 0 heterocycles. The highest BCUT2D eigenvalue weighted by Gasteiger charge is 2.10. The van der Waals surface area contributed by atoms with Crippen LogP contribution in [0, 0.1) is 0 Å². The van der Waals surface area contributed by atoms with Gasteiger partial charge in [0.2, 0.25) is 5.91 Å². The second kappa shape index (κ2) is 10.2. The van der Waals surface area contributed by atoms with Gasteiger partial charge < -0.3 is 15.4 Å². The normalized spacial score (nSPS) is 12.0. The highest BCUT2D eigenvalue weighted by molar-refractivity contribution is 5.93. The van der Waals surface area contributed by atoms with E-state index in [2.05, 4.69) is 24.5 Å². The molecule has 0 radical (unpaired) electrons. The standard InChI is InChI=1S/C17H28N2O2/c1-4-6-10-14(9-5-2)18-13-17(20)19-15-11-7-8-12-16(15)21-3/h7-8,11-12,14,18H,4-6,9-10,13H2,1-3H3,(H,19,20). The molecule has 1 aromatic rings. The van der Waals surface area contributed by atoms with Gasteiger partial charge in [0.15, 0.2) is 0 Å². The third-order valence-corrected chi connectivity index (χ3v) is 3.48. The van der Waals surface area contributed by atoms with Crippen molar-refractivity contribution in [3.05, 3.63) is 24.3 Å². The van der Waals surface area contributed by atoms with E-state index in [1.165, 1.54) is 12.8 Å². The minimum Gasteiger partial charge on any atom is -0.495 e. The molecule has 0 fully saturated rings. The molecule has 1 atom stereocenters. The molecule has 0 aromatic heterocycles. The van der Waals surface area contributed by atoms with Gasteiger partial charge in [0.1, 0.15) is 5.75 Å². The number of hydrogen-bond acceptors (Lipinski definition) is 3. The zero-order valence-corrected chi connectivity index (χ0v) is 13.4. The molecule has 2 N–H and O–H groups in total. The number of carbonyl (C=O) groups is 1. The molecular weight excluding hydrogens is 264 g/mol. The van der Waals surface area contributed by atoms with Crippen LogP contribution in [-0.4, -0.2) is 25.6 Å². The van der Waals surface area contributed by atoms with Gasteiger partial charge in [0, 0.05) is 6.04 Å². The minimum absolute atomic E-state index is 0.0305. The van der Waals surface area contributed by atoms with E-state index < -0.39 is 0 Å². The maximum atomic E-state index is 12.0. The molecule has 0 bridgehead atoms. The molecule has 118 valence electrons. The lowest BCUT2D eigenvalue weighted by molar-refractivity contribution is -0.115.